The van der Waals surface area contributed by atoms with Crippen molar-refractivity contribution < 1.29 is 9.59 Å². The predicted molar refractivity (Wildman–Crippen MR) is 101 cm³/mol. The summed E-state index contributed by atoms with van der Waals surface area (Å²) in [5.41, 5.74) is 9.37. The molecule has 0 aromatic heterocycles. The zero-order valence-corrected chi connectivity index (χ0v) is 14.2. The number of benzene rings is 2. The van der Waals surface area contributed by atoms with Crippen molar-refractivity contribution in [2.45, 2.75) is 32.2 Å². The van der Waals surface area contributed by atoms with E-state index >= 15 is 0 Å². The lowest BCUT2D eigenvalue weighted by atomic mass is 10.0. The molecular formula is C21H22N2O2. The molecule has 0 spiro atoms. The molecule has 1 aliphatic rings. The van der Waals surface area contributed by atoms with Gasteiger partial charge in [0.2, 0.25) is 11.8 Å². The zero-order chi connectivity index (χ0) is 17.6. The molecule has 0 saturated heterocycles. The van der Waals surface area contributed by atoms with Gasteiger partial charge in [-0.25, -0.2) is 0 Å². The Bertz CT molecular complexity index is 811. The Labute approximate surface area is 148 Å². The summed E-state index contributed by atoms with van der Waals surface area (Å²) >= 11 is 0. The first-order valence-corrected chi connectivity index (χ1v) is 8.59. The molecule has 25 heavy (non-hydrogen) atoms. The number of para-hydroxylation sites is 1. The minimum absolute atomic E-state index is 0.0713. The number of carbonyl (C=O) groups is 2. The molecule has 0 atom stereocenters. The molecule has 0 saturated carbocycles. The number of fused-ring (bicyclic) bond motifs is 2. The second-order valence-corrected chi connectivity index (χ2v) is 6.24. The Hall–Kier alpha value is -2.88. The highest BCUT2D eigenvalue weighted by molar-refractivity contribution is 5.97. The number of anilines is 1. The average molecular weight is 334 g/mol. The Morgan fingerprint density at radius 2 is 1.52 bits per heavy atom. The van der Waals surface area contributed by atoms with Crippen LogP contribution < -0.4 is 10.6 Å². The van der Waals surface area contributed by atoms with Crippen molar-refractivity contribution in [3.05, 3.63) is 65.2 Å². The summed E-state index contributed by atoms with van der Waals surface area (Å²) in [7, 11) is 0. The smallest absolute Gasteiger partial charge is 0.227 e. The van der Waals surface area contributed by atoms with Gasteiger partial charge >= 0.3 is 0 Å². The summed E-state index contributed by atoms with van der Waals surface area (Å²) < 4.78 is 0. The van der Waals surface area contributed by atoms with Crippen LogP contribution in [0.2, 0.25) is 0 Å². The fourth-order valence-electron chi connectivity index (χ4n) is 3.08. The van der Waals surface area contributed by atoms with Crippen LogP contribution in [0, 0.1) is 0 Å². The van der Waals surface area contributed by atoms with Crippen LogP contribution in [0.15, 0.2) is 48.5 Å². The number of nitrogens with zero attached hydrogens (tertiary/aromatic N) is 1. The number of amides is 2. The molecule has 2 aromatic carbocycles. The summed E-state index contributed by atoms with van der Waals surface area (Å²) in [6, 6.07) is 16.1. The number of hydrogen-bond acceptors (Lipinski definition) is 2. The van der Waals surface area contributed by atoms with Crippen molar-refractivity contribution in [2.75, 3.05) is 4.90 Å². The van der Waals surface area contributed by atoms with Gasteiger partial charge in [0.1, 0.15) is 0 Å². The first kappa shape index (κ1) is 17.0. The van der Waals surface area contributed by atoms with Crippen molar-refractivity contribution >= 4 is 29.7 Å². The van der Waals surface area contributed by atoms with Crippen molar-refractivity contribution in [2.24, 2.45) is 5.73 Å². The molecule has 1 aliphatic heterocycles. The quantitative estimate of drug-likeness (QED) is 0.846. The van der Waals surface area contributed by atoms with Crippen molar-refractivity contribution in [3.63, 3.8) is 0 Å². The van der Waals surface area contributed by atoms with Crippen molar-refractivity contribution in [1.82, 2.24) is 0 Å². The Morgan fingerprint density at radius 3 is 2.32 bits per heavy atom. The molecule has 0 fully saturated rings. The van der Waals surface area contributed by atoms with Gasteiger partial charge in [-0.05, 0) is 35.6 Å². The third kappa shape index (κ3) is 4.15. The number of rotatable bonds is 5. The van der Waals surface area contributed by atoms with E-state index in [9.17, 15) is 9.59 Å². The van der Waals surface area contributed by atoms with Crippen molar-refractivity contribution in [1.29, 1.82) is 0 Å². The van der Waals surface area contributed by atoms with E-state index in [4.69, 9.17) is 5.73 Å². The number of unbranched alkanes of at least 4 members (excludes halogenated alkanes) is 1. The molecule has 0 radical (unpaired) electrons. The van der Waals surface area contributed by atoms with Gasteiger partial charge in [0.05, 0.1) is 12.2 Å². The lowest BCUT2D eigenvalue weighted by molar-refractivity contribution is -0.120. The van der Waals surface area contributed by atoms with Crippen LogP contribution in [0.3, 0.4) is 0 Å². The molecule has 2 N–H and O–H groups in total. The largest absolute Gasteiger partial charge is 0.370 e. The molecule has 3 rings (SSSR count). The van der Waals surface area contributed by atoms with Crippen LogP contribution in [0.25, 0.3) is 12.2 Å². The molecule has 2 aromatic rings. The van der Waals surface area contributed by atoms with Gasteiger partial charge in [-0.2, -0.15) is 0 Å². The Balaban J connectivity index is 1.85. The lowest BCUT2D eigenvalue weighted by Gasteiger charge is -2.27. The lowest BCUT2D eigenvalue weighted by Crippen LogP contribution is -2.31. The molecule has 2 amide bonds. The van der Waals surface area contributed by atoms with Gasteiger partial charge in [0.25, 0.3) is 0 Å². The average Bonchev–Trinajstić information content (AvgIpc) is 2.60. The van der Waals surface area contributed by atoms with E-state index in [1.54, 1.807) is 0 Å². The maximum Gasteiger partial charge on any atom is 0.227 e. The maximum absolute atomic E-state index is 12.9. The van der Waals surface area contributed by atoms with Gasteiger partial charge in [-0.15, -0.1) is 0 Å². The highest BCUT2D eigenvalue weighted by Crippen LogP contribution is 2.29. The topological polar surface area (TPSA) is 63.4 Å². The third-order valence-corrected chi connectivity index (χ3v) is 4.42. The van der Waals surface area contributed by atoms with E-state index in [1.165, 1.54) is 0 Å². The first-order chi connectivity index (χ1) is 12.1. The summed E-state index contributed by atoms with van der Waals surface area (Å²) in [4.78, 5) is 25.6. The van der Waals surface area contributed by atoms with Crippen LogP contribution >= 0.6 is 0 Å². The summed E-state index contributed by atoms with van der Waals surface area (Å²) in [6.45, 7) is 0.548. The fraction of sp³-hybridized carbons (Fsp3) is 0.238. The number of hydrogen-bond donors (Lipinski definition) is 1. The van der Waals surface area contributed by atoms with Crippen LogP contribution in [-0.4, -0.2) is 11.8 Å². The molecule has 4 heteroatoms. The second-order valence-electron chi connectivity index (χ2n) is 6.24. The van der Waals surface area contributed by atoms with Gasteiger partial charge in [-0.1, -0.05) is 54.6 Å². The fourth-order valence-corrected chi connectivity index (χ4v) is 3.08. The second kappa shape index (κ2) is 7.79. The monoisotopic (exact) mass is 334 g/mol. The van der Waals surface area contributed by atoms with Gasteiger partial charge in [0.15, 0.2) is 0 Å². The highest BCUT2D eigenvalue weighted by Gasteiger charge is 2.20. The maximum atomic E-state index is 12.9. The first-order valence-electron chi connectivity index (χ1n) is 8.59. The summed E-state index contributed by atoms with van der Waals surface area (Å²) in [6.07, 6.45) is 6.21. The SMILES string of the molecule is NC(=O)CCCCC(=O)N1Cc2ccccc2/C=C\c2ccccc21. The summed E-state index contributed by atoms with van der Waals surface area (Å²) in [5, 5.41) is 0. The zero-order valence-electron chi connectivity index (χ0n) is 14.2. The van der Waals surface area contributed by atoms with E-state index in [1.807, 2.05) is 41.3 Å². The van der Waals surface area contributed by atoms with E-state index in [0.29, 0.717) is 32.2 Å². The van der Waals surface area contributed by atoms with Gasteiger partial charge in [-0.3, -0.25) is 9.59 Å². The van der Waals surface area contributed by atoms with E-state index in [0.717, 1.165) is 22.4 Å². The molecular weight excluding hydrogens is 312 g/mol. The molecule has 1 heterocycles. The molecule has 128 valence electrons. The predicted octanol–water partition coefficient (Wildman–Crippen LogP) is 3.75. The standard InChI is InChI=1S/C21H22N2O2/c22-20(24)11-5-6-12-21(25)23-15-18-9-2-1-7-16(18)13-14-17-8-3-4-10-19(17)23/h1-4,7-10,13-14H,5-6,11-12,15H2,(H2,22,24)/b14-13-. The number of primary amides is 1. The molecule has 0 bridgehead atoms. The van der Waals surface area contributed by atoms with Crippen LogP contribution in [-0.2, 0) is 16.1 Å². The molecule has 0 aliphatic carbocycles. The van der Waals surface area contributed by atoms with Crippen LogP contribution in [0.4, 0.5) is 5.69 Å². The van der Waals surface area contributed by atoms with E-state index < -0.39 is 0 Å². The number of nitrogens with two attached hydrogens (primary N) is 1. The Morgan fingerprint density at radius 1 is 0.880 bits per heavy atom. The third-order valence-electron chi connectivity index (χ3n) is 4.42. The highest BCUT2D eigenvalue weighted by atomic mass is 16.2. The minimum atomic E-state index is -0.317. The van der Waals surface area contributed by atoms with E-state index in [2.05, 4.69) is 24.3 Å². The molecule has 4 nitrogen and oxygen atoms in total. The Kier molecular flexibility index (Phi) is 5.29. The van der Waals surface area contributed by atoms with E-state index in [-0.39, 0.29) is 11.8 Å². The molecule has 0 unspecified atom stereocenters. The summed E-state index contributed by atoms with van der Waals surface area (Å²) in [5.74, 6) is -0.245. The van der Waals surface area contributed by atoms with Gasteiger partial charge < -0.3 is 10.6 Å². The minimum Gasteiger partial charge on any atom is -0.370 e. The van der Waals surface area contributed by atoms with Crippen molar-refractivity contribution in [3.8, 4) is 0 Å². The van der Waals surface area contributed by atoms with Crippen LogP contribution in [0.1, 0.15) is 42.4 Å². The van der Waals surface area contributed by atoms with Crippen LogP contribution in [0.5, 0.6) is 0 Å². The number of carbonyl (C=O) groups excluding carboxylic acids is 2. The normalized spacial score (nSPS) is 14.0. The van der Waals surface area contributed by atoms with Gasteiger partial charge in [0, 0.05) is 12.8 Å².